The van der Waals surface area contributed by atoms with Gasteiger partial charge in [-0.2, -0.15) is 10.2 Å². The van der Waals surface area contributed by atoms with Crippen LogP contribution in [0.3, 0.4) is 0 Å². The molecule has 0 aromatic carbocycles. The molecule has 0 unspecified atom stereocenters. The second-order valence-corrected chi connectivity index (χ2v) is 5.33. The van der Waals surface area contributed by atoms with Crippen LogP contribution in [0.4, 0.5) is 5.69 Å². The highest BCUT2D eigenvalue weighted by molar-refractivity contribution is 5.75. The summed E-state index contributed by atoms with van der Waals surface area (Å²) in [5.41, 5.74) is 1.54. The van der Waals surface area contributed by atoms with Crippen LogP contribution in [0.1, 0.15) is 24.1 Å². The maximum atomic E-state index is 11.8. The van der Waals surface area contributed by atoms with Gasteiger partial charge in [0.05, 0.1) is 17.7 Å². The highest BCUT2D eigenvalue weighted by atomic mass is 16.6. The summed E-state index contributed by atoms with van der Waals surface area (Å²) < 4.78 is 3.32. The molecule has 0 atom stereocenters. The summed E-state index contributed by atoms with van der Waals surface area (Å²) in [5.74, 6) is -0.0980. The van der Waals surface area contributed by atoms with Gasteiger partial charge in [0.1, 0.15) is 11.9 Å². The van der Waals surface area contributed by atoms with E-state index in [-0.39, 0.29) is 18.0 Å². The molecule has 0 aliphatic rings. The highest BCUT2D eigenvalue weighted by Gasteiger charge is 2.16. The average molecular weight is 320 g/mol. The van der Waals surface area contributed by atoms with Gasteiger partial charge < -0.3 is 5.32 Å². The molecule has 0 radical (unpaired) electrons. The van der Waals surface area contributed by atoms with Gasteiger partial charge in [0.15, 0.2) is 0 Å². The van der Waals surface area contributed by atoms with Gasteiger partial charge in [0.2, 0.25) is 5.91 Å². The minimum absolute atomic E-state index is 0.0278. The molecule has 1 amide bonds. The molecule has 2 heterocycles. The fourth-order valence-electron chi connectivity index (χ4n) is 2.20. The van der Waals surface area contributed by atoms with Crippen LogP contribution in [0, 0.1) is 24.0 Å². The molecule has 2 aromatic rings. The number of nitro groups is 1. The average Bonchev–Trinajstić information content (AvgIpc) is 3.07. The van der Waals surface area contributed by atoms with Crippen LogP contribution in [0.2, 0.25) is 0 Å². The third kappa shape index (κ3) is 4.63. The molecule has 0 bridgehead atoms. The predicted molar refractivity (Wildman–Crippen MR) is 82.8 cm³/mol. The van der Waals surface area contributed by atoms with Crippen molar-refractivity contribution in [3.8, 4) is 0 Å². The molecule has 9 heteroatoms. The smallest absolute Gasteiger partial charge is 0.309 e. The maximum Gasteiger partial charge on any atom is 0.309 e. The van der Waals surface area contributed by atoms with Crippen LogP contribution in [0.5, 0.6) is 0 Å². The van der Waals surface area contributed by atoms with Crippen molar-refractivity contribution in [2.45, 2.75) is 39.8 Å². The van der Waals surface area contributed by atoms with E-state index in [4.69, 9.17) is 0 Å². The molecule has 0 saturated heterocycles. The Morgan fingerprint density at radius 2 is 2.09 bits per heavy atom. The van der Waals surface area contributed by atoms with Crippen LogP contribution in [0.25, 0.3) is 0 Å². The Hall–Kier alpha value is -2.71. The first-order valence-electron chi connectivity index (χ1n) is 7.40. The second-order valence-electron chi connectivity index (χ2n) is 5.33. The number of carbonyl (C=O) groups is 1. The first-order valence-corrected chi connectivity index (χ1v) is 7.40. The molecular formula is C14H20N6O3. The monoisotopic (exact) mass is 320 g/mol. The van der Waals surface area contributed by atoms with Crippen LogP contribution < -0.4 is 5.32 Å². The SMILES string of the molecule is Cc1cnn(CCCNC(=O)CCn2ncc([N+](=O)[O-])c2C)c1. The summed E-state index contributed by atoms with van der Waals surface area (Å²) in [6.45, 7) is 5.24. The third-order valence-corrected chi connectivity index (χ3v) is 3.47. The Balaban J connectivity index is 1.68. The zero-order chi connectivity index (χ0) is 16.8. The van der Waals surface area contributed by atoms with E-state index in [1.54, 1.807) is 13.1 Å². The van der Waals surface area contributed by atoms with Gasteiger partial charge in [0, 0.05) is 25.7 Å². The number of carbonyl (C=O) groups excluding carboxylic acids is 1. The van der Waals surface area contributed by atoms with Crippen molar-refractivity contribution in [3.63, 3.8) is 0 Å². The lowest BCUT2D eigenvalue weighted by molar-refractivity contribution is -0.385. The van der Waals surface area contributed by atoms with E-state index in [2.05, 4.69) is 15.5 Å². The first kappa shape index (κ1) is 16.7. The molecule has 0 saturated carbocycles. The standard InChI is InChI=1S/C14H20N6O3/c1-11-8-16-18(10-11)6-3-5-15-14(21)4-7-19-12(2)13(9-17-19)20(22)23/h8-10H,3-7H2,1-2H3,(H,15,21). The lowest BCUT2D eigenvalue weighted by Gasteiger charge is -2.06. The Labute approximate surface area is 133 Å². The van der Waals surface area contributed by atoms with Gasteiger partial charge in [-0.1, -0.05) is 0 Å². The normalized spacial score (nSPS) is 10.7. The van der Waals surface area contributed by atoms with Crippen molar-refractivity contribution >= 4 is 11.6 Å². The molecule has 2 aromatic heterocycles. The van der Waals surface area contributed by atoms with Gasteiger partial charge in [-0.15, -0.1) is 0 Å². The Morgan fingerprint density at radius 1 is 1.30 bits per heavy atom. The molecule has 9 nitrogen and oxygen atoms in total. The lowest BCUT2D eigenvalue weighted by atomic mass is 10.3. The van der Waals surface area contributed by atoms with Gasteiger partial charge >= 0.3 is 5.69 Å². The second kappa shape index (κ2) is 7.52. The topological polar surface area (TPSA) is 108 Å². The predicted octanol–water partition coefficient (Wildman–Crippen LogP) is 1.20. The number of aryl methyl sites for hydroxylation is 3. The van der Waals surface area contributed by atoms with Crippen LogP contribution in [-0.4, -0.2) is 36.9 Å². The van der Waals surface area contributed by atoms with Gasteiger partial charge in [-0.25, -0.2) is 0 Å². The Morgan fingerprint density at radius 3 is 2.70 bits per heavy atom. The molecular weight excluding hydrogens is 300 g/mol. The maximum absolute atomic E-state index is 11.8. The minimum Gasteiger partial charge on any atom is -0.356 e. The highest BCUT2D eigenvalue weighted by Crippen LogP contribution is 2.16. The van der Waals surface area contributed by atoms with Crippen molar-refractivity contribution in [3.05, 3.63) is 40.0 Å². The Kier molecular flexibility index (Phi) is 5.45. The van der Waals surface area contributed by atoms with Gasteiger partial charge in [0.25, 0.3) is 0 Å². The molecule has 124 valence electrons. The molecule has 23 heavy (non-hydrogen) atoms. The summed E-state index contributed by atoms with van der Waals surface area (Å²) in [6, 6.07) is 0. The Bertz CT molecular complexity index is 690. The van der Waals surface area contributed by atoms with Crippen molar-refractivity contribution in [2.75, 3.05) is 6.54 Å². The molecule has 0 fully saturated rings. The summed E-state index contributed by atoms with van der Waals surface area (Å²) in [5, 5.41) is 21.7. The number of nitrogens with zero attached hydrogens (tertiary/aromatic N) is 5. The molecule has 0 spiro atoms. The van der Waals surface area contributed by atoms with Crippen molar-refractivity contribution in [2.24, 2.45) is 0 Å². The first-order chi connectivity index (χ1) is 11.0. The number of hydrogen-bond acceptors (Lipinski definition) is 5. The molecule has 0 aliphatic heterocycles. The summed E-state index contributed by atoms with van der Waals surface area (Å²) >= 11 is 0. The van der Waals surface area contributed by atoms with E-state index in [1.807, 2.05) is 17.8 Å². The van der Waals surface area contributed by atoms with Crippen molar-refractivity contribution in [1.82, 2.24) is 24.9 Å². The number of rotatable bonds is 8. The molecule has 1 N–H and O–H groups in total. The fraction of sp³-hybridized carbons (Fsp3) is 0.500. The number of aromatic nitrogens is 4. The zero-order valence-corrected chi connectivity index (χ0v) is 13.2. The lowest BCUT2D eigenvalue weighted by Crippen LogP contribution is -2.26. The minimum atomic E-state index is -0.476. The van der Waals surface area contributed by atoms with E-state index in [0.717, 1.165) is 18.5 Å². The van der Waals surface area contributed by atoms with Crippen LogP contribution >= 0.6 is 0 Å². The molecule has 0 aliphatic carbocycles. The number of hydrogen-bond donors (Lipinski definition) is 1. The van der Waals surface area contributed by atoms with Crippen LogP contribution in [-0.2, 0) is 17.9 Å². The third-order valence-electron chi connectivity index (χ3n) is 3.47. The number of amides is 1. The molecule has 2 rings (SSSR count). The largest absolute Gasteiger partial charge is 0.356 e. The van der Waals surface area contributed by atoms with Crippen LogP contribution in [0.15, 0.2) is 18.6 Å². The van der Waals surface area contributed by atoms with Gasteiger partial charge in [-0.05, 0) is 25.8 Å². The van der Waals surface area contributed by atoms with E-state index in [9.17, 15) is 14.9 Å². The van der Waals surface area contributed by atoms with Crippen molar-refractivity contribution in [1.29, 1.82) is 0 Å². The quantitative estimate of drug-likeness (QED) is 0.447. The number of nitrogens with one attached hydrogen (secondary N) is 1. The van der Waals surface area contributed by atoms with E-state index >= 15 is 0 Å². The van der Waals surface area contributed by atoms with E-state index < -0.39 is 4.92 Å². The van der Waals surface area contributed by atoms with E-state index in [1.165, 1.54) is 10.9 Å². The summed E-state index contributed by atoms with van der Waals surface area (Å²) in [4.78, 5) is 22.0. The fourth-order valence-corrected chi connectivity index (χ4v) is 2.20. The van der Waals surface area contributed by atoms with Gasteiger partial charge in [-0.3, -0.25) is 24.3 Å². The zero-order valence-electron chi connectivity index (χ0n) is 13.2. The van der Waals surface area contributed by atoms with E-state index in [0.29, 0.717) is 18.8 Å². The summed E-state index contributed by atoms with van der Waals surface area (Å²) in [6.07, 6.45) is 5.98. The summed E-state index contributed by atoms with van der Waals surface area (Å²) in [7, 11) is 0. The van der Waals surface area contributed by atoms with Crippen molar-refractivity contribution < 1.29 is 9.72 Å².